The Hall–Kier alpha value is -2.88. The molecule has 1 saturated carbocycles. The summed E-state index contributed by atoms with van der Waals surface area (Å²) in [5, 5.41) is 13.0. The van der Waals surface area contributed by atoms with Crippen molar-refractivity contribution in [2.24, 2.45) is 5.16 Å². The van der Waals surface area contributed by atoms with Crippen LogP contribution in [0.25, 0.3) is 0 Å². The fourth-order valence-corrected chi connectivity index (χ4v) is 3.31. The summed E-state index contributed by atoms with van der Waals surface area (Å²) in [5.41, 5.74) is 4.42. The maximum Gasteiger partial charge on any atom is 0.123 e. The second kappa shape index (κ2) is 7.16. The Morgan fingerprint density at radius 1 is 1.08 bits per heavy atom. The summed E-state index contributed by atoms with van der Waals surface area (Å²) >= 11 is 0. The highest BCUT2D eigenvalue weighted by Gasteiger charge is 2.28. The summed E-state index contributed by atoms with van der Waals surface area (Å²) in [6.07, 6.45) is 4.98. The van der Waals surface area contributed by atoms with Gasteiger partial charge in [-0.15, -0.1) is 0 Å². The van der Waals surface area contributed by atoms with Crippen molar-refractivity contribution in [3.63, 3.8) is 0 Å². The van der Waals surface area contributed by atoms with Crippen molar-refractivity contribution < 1.29 is 14.0 Å². The largest absolute Gasteiger partial charge is 0.469 e. The molecule has 3 aromatic rings. The van der Waals surface area contributed by atoms with Crippen molar-refractivity contribution in [3.05, 3.63) is 94.7 Å². The molecular formula is C22H20FNO2. The molecule has 0 aliphatic heterocycles. The minimum atomic E-state index is -0.249. The predicted molar refractivity (Wildman–Crippen MR) is 98.4 cm³/mol. The van der Waals surface area contributed by atoms with E-state index in [1.54, 1.807) is 18.4 Å². The fourth-order valence-electron chi connectivity index (χ4n) is 3.31. The third kappa shape index (κ3) is 3.69. The predicted octanol–water partition coefficient (Wildman–Crippen LogP) is 5.31. The highest BCUT2D eigenvalue weighted by atomic mass is 19.1. The number of hydrogen-bond acceptors (Lipinski definition) is 3. The highest BCUT2D eigenvalue weighted by molar-refractivity contribution is 6.03. The minimum absolute atomic E-state index is 0.249. The van der Waals surface area contributed by atoms with Gasteiger partial charge in [0.2, 0.25) is 0 Å². The molecule has 1 aromatic heterocycles. The van der Waals surface area contributed by atoms with Crippen LogP contribution in [0.1, 0.15) is 46.8 Å². The number of nitrogens with zero attached hydrogens (tertiary/aromatic N) is 1. The second-order valence-electron chi connectivity index (χ2n) is 6.81. The van der Waals surface area contributed by atoms with E-state index < -0.39 is 0 Å². The van der Waals surface area contributed by atoms with Crippen LogP contribution in [0.15, 0.2) is 70.4 Å². The van der Waals surface area contributed by atoms with Gasteiger partial charge in [-0.2, -0.15) is 0 Å². The maximum atomic E-state index is 13.6. The van der Waals surface area contributed by atoms with Crippen LogP contribution in [0.5, 0.6) is 0 Å². The van der Waals surface area contributed by atoms with Gasteiger partial charge in [-0.05, 0) is 59.7 Å². The lowest BCUT2D eigenvalue weighted by molar-refractivity contribution is 0.318. The molecular weight excluding hydrogens is 329 g/mol. The van der Waals surface area contributed by atoms with E-state index in [1.807, 2.05) is 24.3 Å². The Morgan fingerprint density at radius 3 is 2.62 bits per heavy atom. The summed E-state index contributed by atoms with van der Waals surface area (Å²) < 4.78 is 19.3. The lowest BCUT2D eigenvalue weighted by atomic mass is 9.96. The molecule has 132 valence electrons. The molecule has 1 aliphatic rings. The minimum Gasteiger partial charge on any atom is -0.469 e. The van der Waals surface area contributed by atoms with Gasteiger partial charge in [0.15, 0.2) is 0 Å². The zero-order chi connectivity index (χ0) is 17.9. The van der Waals surface area contributed by atoms with Gasteiger partial charge in [0.05, 0.1) is 12.0 Å². The standard InChI is InChI=1S/C22H20FNO2/c23-18-8-9-20(21(13-18)17-6-7-17)22(24-25)12-16-11-19(26-14-16)10-15-4-2-1-3-5-15/h1-5,8-9,11,13-14,17,25H,6-7,10,12H2/b24-22+. The first kappa shape index (κ1) is 16.6. The van der Waals surface area contributed by atoms with Crippen LogP contribution in [0.3, 0.4) is 0 Å². The third-order valence-corrected chi connectivity index (χ3v) is 4.76. The Bertz CT molecular complexity index is 926. The van der Waals surface area contributed by atoms with Crippen molar-refractivity contribution in [3.8, 4) is 0 Å². The number of rotatable bonds is 6. The van der Waals surface area contributed by atoms with Crippen molar-refractivity contribution in [1.29, 1.82) is 0 Å². The van der Waals surface area contributed by atoms with Crippen molar-refractivity contribution in [2.75, 3.05) is 0 Å². The van der Waals surface area contributed by atoms with Crippen LogP contribution in [-0.4, -0.2) is 10.9 Å². The molecule has 4 rings (SSSR count). The summed E-state index contributed by atoms with van der Waals surface area (Å²) in [7, 11) is 0. The first-order valence-corrected chi connectivity index (χ1v) is 8.84. The number of hydrogen-bond donors (Lipinski definition) is 1. The van der Waals surface area contributed by atoms with Crippen molar-refractivity contribution in [2.45, 2.75) is 31.6 Å². The van der Waals surface area contributed by atoms with E-state index in [2.05, 4.69) is 17.3 Å². The molecule has 0 atom stereocenters. The van der Waals surface area contributed by atoms with Gasteiger partial charge < -0.3 is 9.62 Å². The molecule has 3 nitrogen and oxygen atoms in total. The Kier molecular flexibility index (Phi) is 4.57. The van der Waals surface area contributed by atoms with Gasteiger partial charge in [-0.1, -0.05) is 35.5 Å². The van der Waals surface area contributed by atoms with Crippen LogP contribution >= 0.6 is 0 Å². The number of benzene rings is 2. The first-order chi connectivity index (χ1) is 12.7. The summed E-state index contributed by atoms with van der Waals surface area (Å²) in [5.74, 6) is 0.988. The van der Waals surface area contributed by atoms with Crippen LogP contribution in [0.2, 0.25) is 0 Å². The number of halogens is 1. The number of furan rings is 1. The van der Waals surface area contributed by atoms with E-state index in [9.17, 15) is 9.60 Å². The molecule has 0 radical (unpaired) electrons. The average Bonchev–Trinajstić information content (AvgIpc) is 3.42. The lowest BCUT2D eigenvalue weighted by Gasteiger charge is -2.10. The molecule has 0 bridgehead atoms. The molecule has 1 aliphatic carbocycles. The van der Waals surface area contributed by atoms with Crippen molar-refractivity contribution in [1.82, 2.24) is 0 Å². The quantitative estimate of drug-likeness (QED) is 0.372. The van der Waals surface area contributed by atoms with E-state index in [1.165, 1.54) is 11.6 Å². The maximum absolute atomic E-state index is 13.6. The van der Waals surface area contributed by atoms with Crippen LogP contribution < -0.4 is 0 Å². The van der Waals surface area contributed by atoms with E-state index in [4.69, 9.17) is 4.42 Å². The normalized spacial score (nSPS) is 14.6. The van der Waals surface area contributed by atoms with Crippen LogP contribution in [0.4, 0.5) is 4.39 Å². The van der Waals surface area contributed by atoms with Crippen LogP contribution in [0, 0.1) is 5.82 Å². The second-order valence-corrected chi connectivity index (χ2v) is 6.81. The molecule has 1 fully saturated rings. The zero-order valence-corrected chi connectivity index (χ0v) is 14.4. The zero-order valence-electron chi connectivity index (χ0n) is 14.4. The van der Waals surface area contributed by atoms with Crippen LogP contribution in [-0.2, 0) is 12.8 Å². The average molecular weight is 349 g/mol. The molecule has 2 aromatic carbocycles. The third-order valence-electron chi connectivity index (χ3n) is 4.76. The molecule has 0 spiro atoms. The van der Waals surface area contributed by atoms with Gasteiger partial charge in [0.25, 0.3) is 0 Å². The Labute approximate surface area is 151 Å². The Balaban J connectivity index is 1.53. The van der Waals surface area contributed by atoms with Gasteiger partial charge >= 0.3 is 0 Å². The Morgan fingerprint density at radius 2 is 1.88 bits per heavy atom. The van der Waals surface area contributed by atoms with E-state index in [0.29, 0.717) is 18.1 Å². The first-order valence-electron chi connectivity index (χ1n) is 8.84. The van der Waals surface area contributed by atoms with Gasteiger partial charge in [-0.3, -0.25) is 0 Å². The van der Waals surface area contributed by atoms with Gasteiger partial charge in [0.1, 0.15) is 11.6 Å². The lowest BCUT2D eigenvalue weighted by Crippen LogP contribution is -2.08. The monoisotopic (exact) mass is 349 g/mol. The highest BCUT2D eigenvalue weighted by Crippen LogP contribution is 2.42. The van der Waals surface area contributed by atoms with Gasteiger partial charge in [-0.25, -0.2) is 4.39 Å². The molecule has 1 heterocycles. The summed E-state index contributed by atoms with van der Waals surface area (Å²) in [4.78, 5) is 0. The fraction of sp³-hybridized carbons (Fsp3) is 0.227. The summed E-state index contributed by atoms with van der Waals surface area (Å²) in [6, 6.07) is 16.8. The van der Waals surface area contributed by atoms with Crippen molar-refractivity contribution >= 4 is 5.71 Å². The smallest absolute Gasteiger partial charge is 0.123 e. The molecule has 0 amide bonds. The van der Waals surface area contributed by atoms with E-state index in [-0.39, 0.29) is 5.82 Å². The number of oxime groups is 1. The molecule has 0 saturated heterocycles. The van der Waals surface area contributed by atoms with E-state index >= 15 is 0 Å². The molecule has 1 N–H and O–H groups in total. The summed E-state index contributed by atoms with van der Waals surface area (Å²) in [6.45, 7) is 0. The van der Waals surface area contributed by atoms with E-state index in [0.717, 1.165) is 41.7 Å². The molecule has 4 heteroatoms. The van der Waals surface area contributed by atoms with Gasteiger partial charge in [0, 0.05) is 18.4 Å². The SMILES string of the molecule is O/N=C(\Cc1coc(Cc2ccccc2)c1)c1ccc(F)cc1C1CC1. The topological polar surface area (TPSA) is 45.7 Å². The molecule has 26 heavy (non-hydrogen) atoms. The molecule has 0 unspecified atom stereocenters.